The fourth-order valence-corrected chi connectivity index (χ4v) is 20.7. The molecule has 0 bridgehead atoms. The van der Waals surface area contributed by atoms with Crippen LogP contribution in [-0.4, -0.2) is 25.7 Å². The molecule has 5 heterocycles. The van der Waals surface area contributed by atoms with Crippen molar-refractivity contribution in [1.82, 2.24) is 12.0 Å². The van der Waals surface area contributed by atoms with Crippen molar-refractivity contribution in [3.05, 3.63) is 133 Å². The monoisotopic (exact) mass is 619 g/mol. The van der Waals surface area contributed by atoms with E-state index in [2.05, 4.69) is 145 Å². The first-order chi connectivity index (χ1) is 21.9. The quantitative estimate of drug-likeness (QED) is 0.165. The van der Waals surface area contributed by atoms with E-state index >= 15 is 0 Å². The van der Waals surface area contributed by atoms with Crippen LogP contribution in [0.2, 0.25) is 0 Å². The van der Waals surface area contributed by atoms with Gasteiger partial charge in [-0.25, -0.2) is 0 Å². The summed E-state index contributed by atoms with van der Waals surface area (Å²) in [6.45, 7) is 0. The summed E-state index contributed by atoms with van der Waals surface area (Å²) in [5.41, 5.74) is 10.7. The van der Waals surface area contributed by atoms with Crippen LogP contribution in [0.3, 0.4) is 0 Å². The van der Waals surface area contributed by atoms with E-state index in [0.717, 1.165) is 0 Å². The molecule has 2 aliphatic heterocycles. The van der Waals surface area contributed by atoms with Crippen molar-refractivity contribution in [3.8, 4) is 11.1 Å². The molecular formula is C40H23GeN3. The summed E-state index contributed by atoms with van der Waals surface area (Å²) in [4.78, 5) is 3.76. The van der Waals surface area contributed by atoms with E-state index in [-0.39, 0.29) is 0 Å². The van der Waals surface area contributed by atoms with Crippen LogP contribution < -0.4 is 8.79 Å². The molecule has 4 heteroatoms. The van der Waals surface area contributed by atoms with Gasteiger partial charge in [0.15, 0.2) is 0 Å². The second-order valence-corrected chi connectivity index (χ2v) is 19.5. The number of hydrogen-bond donors (Lipinski definition) is 1. The van der Waals surface area contributed by atoms with Crippen molar-refractivity contribution in [2.24, 2.45) is 0 Å². The minimum atomic E-state index is -3.79. The van der Waals surface area contributed by atoms with Crippen molar-refractivity contribution in [2.75, 3.05) is 0 Å². The van der Waals surface area contributed by atoms with Crippen molar-refractivity contribution in [2.45, 2.75) is 0 Å². The van der Waals surface area contributed by atoms with E-state index < -0.39 is 13.7 Å². The number of para-hydroxylation sites is 3. The molecule has 7 aromatic carbocycles. The number of H-pyrrole nitrogens is 1. The molecule has 0 saturated carbocycles. The number of nitrogens with zero attached hydrogens (tertiary/aromatic N) is 2. The Morgan fingerprint density at radius 1 is 0.432 bits per heavy atom. The summed E-state index contributed by atoms with van der Waals surface area (Å²) in [5, 5.41) is 10.8. The van der Waals surface area contributed by atoms with Gasteiger partial charge in [0.05, 0.1) is 0 Å². The number of benzene rings is 7. The van der Waals surface area contributed by atoms with Gasteiger partial charge in [-0.3, -0.25) is 0 Å². The zero-order chi connectivity index (χ0) is 28.3. The zero-order valence-corrected chi connectivity index (χ0v) is 25.7. The zero-order valence-electron chi connectivity index (χ0n) is 23.6. The van der Waals surface area contributed by atoms with Gasteiger partial charge in [-0.2, -0.15) is 0 Å². The van der Waals surface area contributed by atoms with E-state index in [0.29, 0.717) is 0 Å². The van der Waals surface area contributed by atoms with Crippen LogP contribution in [-0.2, 0) is 0 Å². The average molecular weight is 618 g/mol. The van der Waals surface area contributed by atoms with Crippen LogP contribution in [0.5, 0.6) is 0 Å². The third-order valence-corrected chi connectivity index (χ3v) is 20.3. The van der Waals surface area contributed by atoms with Gasteiger partial charge >= 0.3 is 255 Å². The molecular weight excluding hydrogens is 595 g/mol. The maximum absolute atomic E-state index is 3.79. The van der Waals surface area contributed by atoms with Crippen LogP contribution in [0.25, 0.3) is 87.3 Å². The summed E-state index contributed by atoms with van der Waals surface area (Å²) < 4.78 is 8.80. The fourth-order valence-electron chi connectivity index (χ4n) is 9.23. The maximum atomic E-state index is 3.76. The normalized spacial score (nSPS) is 14.5. The van der Waals surface area contributed by atoms with E-state index in [9.17, 15) is 0 Å². The molecule has 0 unspecified atom stereocenters. The van der Waals surface area contributed by atoms with Gasteiger partial charge in [-0.05, 0) is 0 Å². The van der Waals surface area contributed by atoms with Crippen LogP contribution in [0, 0.1) is 0 Å². The van der Waals surface area contributed by atoms with E-state index in [1.807, 2.05) is 0 Å². The first-order valence-electron chi connectivity index (χ1n) is 15.4. The van der Waals surface area contributed by atoms with Gasteiger partial charge in [-0.15, -0.1) is 0 Å². The number of nitrogens with one attached hydrogen (secondary N) is 1. The Bertz CT molecular complexity index is 2840. The second-order valence-electron chi connectivity index (χ2n) is 12.5. The molecule has 2 aliphatic rings. The summed E-state index contributed by atoms with van der Waals surface area (Å²) in [5.74, 6) is 0. The third kappa shape index (κ3) is 2.21. The Hall–Kier alpha value is -5.26. The molecule has 0 aliphatic carbocycles. The second kappa shape index (κ2) is 7.27. The van der Waals surface area contributed by atoms with Gasteiger partial charge in [0.1, 0.15) is 0 Å². The van der Waals surface area contributed by atoms with Crippen LogP contribution in [0.15, 0.2) is 133 Å². The summed E-state index contributed by atoms with van der Waals surface area (Å²) in [6, 6.07) is 50.7. The number of aromatic nitrogens is 3. The van der Waals surface area contributed by atoms with E-state index in [4.69, 9.17) is 0 Å². The predicted octanol–water partition coefficient (Wildman–Crippen LogP) is 8.64. The molecule has 0 fully saturated rings. The summed E-state index contributed by atoms with van der Waals surface area (Å²) in [6.07, 6.45) is 0. The molecule has 44 heavy (non-hydrogen) atoms. The number of hydrogen-bond acceptors (Lipinski definition) is 0. The van der Waals surface area contributed by atoms with Crippen LogP contribution in [0.4, 0.5) is 0 Å². The van der Waals surface area contributed by atoms with Crippen LogP contribution >= 0.6 is 0 Å². The van der Waals surface area contributed by atoms with Gasteiger partial charge in [0.2, 0.25) is 0 Å². The van der Waals surface area contributed by atoms with Gasteiger partial charge < -0.3 is 0 Å². The minimum absolute atomic E-state index is 1.20. The molecule has 3 nitrogen and oxygen atoms in total. The molecule has 0 saturated heterocycles. The third-order valence-electron chi connectivity index (χ3n) is 10.7. The number of aromatic amines is 1. The molecule has 0 radical (unpaired) electrons. The van der Waals surface area contributed by atoms with E-state index in [1.165, 1.54) is 96.1 Å². The van der Waals surface area contributed by atoms with Crippen molar-refractivity contribution in [1.29, 1.82) is 0 Å². The van der Waals surface area contributed by atoms with Crippen molar-refractivity contribution >= 4 is 98.7 Å². The standard InChI is InChI=1S/C40H23GeN3/c1-5-13-30-28(11-1)37-31(21-22-33-38(37)29-12-2-6-14-32(29)42-33)41(30)43-34-15-7-3-9-24(34)26-19-17-23-18-20-27-25-10-4-8-16-35(25)44(41)40(27)36(23)39(26)43/h1-22,42H. The summed E-state index contributed by atoms with van der Waals surface area (Å²) in [7, 11) is 0. The van der Waals surface area contributed by atoms with Crippen LogP contribution in [0.1, 0.15) is 0 Å². The number of rotatable bonds is 0. The van der Waals surface area contributed by atoms with Crippen molar-refractivity contribution in [3.63, 3.8) is 0 Å². The topological polar surface area (TPSA) is 25.6 Å². The van der Waals surface area contributed by atoms with E-state index in [1.54, 1.807) is 0 Å². The van der Waals surface area contributed by atoms with Gasteiger partial charge in [0.25, 0.3) is 0 Å². The Balaban J connectivity index is 1.45. The van der Waals surface area contributed by atoms with Crippen molar-refractivity contribution < 1.29 is 0 Å². The fraction of sp³-hybridized carbons (Fsp3) is 0. The first-order valence-corrected chi connectivity index (χ1v) is 19.4. The SMILES string of the molecule is c1cc[c]2c(c1)-c1[c](ccc3[nH]c4ccccc4c13)[Ge]21[n]2c3ccccc3c3ccc4ccc5c6ccccc6[n]1c5c4c32. The Morgan fingerprint density at radius 2 is 1.05 bits per heavy atom. The molecule has 10 aromatic rings. The molecule has 12 rings (SSSR count). The summed E-state index contributed by atoms with van der Waals surface area (Å²) >= 11 is -3.79. The molecule has 0 amide bonds. The Labute approximate surface area is 254 Å². The molecule has 1 N–H and O–H groups in total. The molecule has 1 spiro atoms. The first kappa shape index (κ1) is 22.3. The Kier molecular flexibility index (Phi) is 3.68. The molecule has 0 atom stereocenters. The number of fused-ring (bicyclic) bond motifs is 17. The van der Waals surface area contributed by atoms with Gasteiger partial charge in [-0.1, -0.05) is 0 Å². The van der Waals surface area contributed by atoms with Gasteiger partial charge in [0, 0.05) is 0 Å². The predicted molar refractivity (Wildman–Crippen MR) is 187 cm³/mol. The Morgan fingerprint density at radius 3 is 1.77 bits per heavy atom. The molecule has 202 valence electrons. The average Bonchev–Trinajstić information content (AvgIpc) is 3.80. The molecule has 3 aromatic heterocycles.